The summed E-state index contributed by atoms with van der Waals surface area (Å²) in [5.41, 5.74) is 0. The van der Waals surface area contributed by atoms with Crippen molar-refractivity contribution in [2.24, 2.45) is 0 Å². The highest BCUT2D eigenvalue weighted by Crippen LogP contribution is 2.29. The summed E-state index contributed by atoms with van der Waals surface area (Å²) >= 11 is 3.76. The highest BCUT2D eigenvalue weighted by Gasteiger charge is 2.31. The molecular formula is C8H16BrS+. The number of hydrogen-bond donors (Lipinski definition) is 0. The molecule has 2 heteroatoms. The first-order chi connectivity index (χ1) is 4.72. The Kier molecular flexibility index (Phi) is 3.58. The molecule has 0 heterocycles. The Morgan fingerprint density at radius 3 is 2.20 bits per heavy atom. The van der Waals surface area contributed by atoms with E-state index in [4.69, 9.17) is 0 Å². The van der Waals surface area contributed by atoms with Crippen LogP contribution in [0.4, 0.5) is 0 Å². The highest BCUT2D eigenvalue weighted by molar-refractivity contribution is 9.09. The molecule has 0 aromatic heterocycles. The number of hydrogen-bond acceptors (Lipinski definition) is 0. The molecule has 2 unspecified atom stereocenters. The molecule has 1 aliphatic rings. The van der Waals surface area contributed by atoms with Gasteiger partial charge in [-0.25, -0.2) is 0 Å². The minimum Gasteiger partial charge on any atom is -0.0836 e. The molecule has 0 nitrogen and oxygen atoms in total. The quantitative estimate of drug-likeness (QED) is 0.474. The van der Waals surface area contributed by atoms with E-state index in [9.17, 15) is 0 Å². The van der Waals surface area contributed by atoms with E-state index in [1.165, 1.54) is 25.7 Å². The van der Waals surface area contributed by atoms with Gasteiger partial charge in [-0.1, -0.05) is 22.4 Å². The maximum absolute atomic E-state index is 3.76. The molecule has 2 atom stereocenters. The molecule has 0 aliphatic heterocycles. The van der Waals surface area contributed by atoms with Crippen LogP contribution in [-0.4, -0.2) is 22.6 Å². The van der Waals surface area contributed by atoms with Gasteiger partial charge in [-0.2, -0.15) is 0 Å². The van der Waals surface area contributed by atoms with Gasteiger partial charge in [0.2, 0.25) is 0 Å². The molecule has 60 valence electrons. The smallest absolute Gasteiger partial charge is 0.0836 e. The van der Waals surface area contributed by atoms with Crippen molar-refractivity contribution in [1.82, 2.24) is 0 Å². The van der Waals surface area contributed by atoms with Gasteiger partial charge >= 0.3 is 0 Å². The largest absolute Gasteiger partial charge is 0.130 e. The fourth-order valence-corrected chi connectivity index (χ4v) is 4.83. The molecule has 0 bridgehead atoms. The third kappa shape index (κ3) is 2.16. The van der Waals surface area contributed by atoms with E-state index < -0.39 is 0 Å². The predicted molar refractivity (Wildman–Crippen MR) is 54.2 cm³/mol. The van der Waals surface area contributed by atoms with E-state index in [0.29, 0.717) is 10.9 Å². The van der Waals surface area contributed by atoms with Crippen LogP contribution in [0.5, 0.6) is 0 Å². The van der Waals surface area contributed by atoms with Crippen LogP contribution in [0.25, 0.3) is 0 Å². The maximum atomic E-state index is 3.76. The van der Waals surface area contributed by atoms with E-state index in [1.54, 1.807) is 0 Å². The number of halogens is 1. The van der Waals surface area contributed by atoms with Gasteiger partial charge < -0.3 is 0 Å². The van der Waals surface area contributed by atoms with Gasteiger partial charge in [0.15, 0.2) is 0 Å². The Morgan fingerprint density at radius 2 is 1.80 bits per heavy atom. The number of rotatable bonds is 1. The average Bonchev–Trinajstić information content (AvgIpc) is 1.88. The first-order valence-corrected chi connectivity index (χ1v) is 6.94. The lowest BCUT2D eigenvalue weighted by Crippen LogP contribution is -2.31. The van der Waals surface area contributed by atoms with Crippen LogP contribution >= 0.6 is 15.9 Å². The lowest BCUT2D eigenvalue weighted by molar-refractivity contribution is 0.531. The van der Waals surface area contributed by atoms with Crippen molar-refractivity contribution in [3.8, 4) is 0 Å². The van der Waals surface area contributed by atoms with Crippen LogP contribution in [0.1, 0.15) is 25.7 Å². The summed E-state index contributed by atoms with van der Waals surface area (Å²) in [6.45, 7) is 0. The highest BCUT2D eigenvalue weighted by atomic mass is 79.9. The molecule has 0 aromatic rings. The standard InChI is InChI=1S/C8H16BrS/c1-10(2)8-6-4-3-5-7(8)9/h7-8H,3-6H2,1-2H3/q+1. The van der Waals surface area contributed by atoms with Crippen molar-refractivity contribution in [2.45, 2.75) is 35.8 Å². The normalized spacial score (nSPS) is 34.8. The molecule has 0 saturated heterocycles. The van der Waals surface area contributed by atoms with Gasteiger partial charge in [0, 0.05) is 0 Å². The monoisotopic (exact) mass is 223 g/mol. The van der Waals surface area contributed by atoms with Gasteiger partial charge in [0.1, 0.15) is 5.25 Å². The molecule has 10 heavy (non-hydrogen) atoms. The SMILES string of the molecule is C[S+](C)C1CCCCC1Br. The molecule has 0 spiro atoms. The Morgan fingerprint density at radius 1 is 1.20 bits per heavy atom. The minimum atomic E-state index is 0.621. The minimum absolute atomic E-state index is 0.621. The maximum Gasteiger partial charge on any atom is 0.130 e. The van der Waals surface area contributed by atoms with Crippen LogP contribution in [0.2, 0.25) is 0 Å². The van der Waals surface area contributed by atoms with Crippen molar-refractivity contribution >= 4 is 26.8 Å². The number of alkyl halides is 1. The lowest BCUT2D eigenvalue weighted by Gasteiger charge is -2.23. The van der Waals surface area contributed by atoms with Gasteiger partial charge in [0.25, 0.3) is 0 Å². The van der Waals surface area contributed by atoms with E-state index in [0.717, 1.165) is 10.1 Å². The van der Waals surface area contributed by atoms with Gasteiger partial charge in [0.05, 0.1) is 17.3 Å². The van der Waals surface area contributed by atoms with Gasteiger partial charge in [-0.3, -0.25) is 0 Å². The topological polar surface area (TPSA) is 0 Å². The molecule has 1 rings (SSSR count). The summed E-state index contributed by atoms with van der Waals surface area (Å²) in [7, 11) is 0.621. The zero-order valence-electron chi connectivity index (χ0n) is 6.77. The molecule has 0 amide bonds. The van der Waals surface area contributed by atoms with Crippen molar-refractivity contribution in [1.29, 1.82) is 0 Å². The Balaban J connectivity index is 2.40. The van der Waals surface area contributed by atoms with E-state index in [2.05, 4.69) is 28.4 Å². The summed E-state index contributed by atoms with van der Waals surface area (Å²) in [4.78, 5) is 0.819. The van der Waals surface area contributed by atoms with Crippen LogP contribution in [0.3, 0.4) is 0 Å². The summed E-state index contributed by atoms with van der Waals surface area (Å²) in [6.07, 6.45) is 10.5. The Bertz CT molecular complexity index is 103. The predicted octanol–water partition coefficient (Wildman–Crippen LogP) is 2.57. The van der Waals surface area contributed by atoms with Crippen LogP contribution in [0, 0.1) is 0 Å². The van der Waals surface area contributed by atoms with Crippen molar-refractivity contribution in [2.75, 3.05) is 12.5 Å². The fourth-order valence-electron chi connectivity index (χ4n) is 1.58. The third-order valence-electron chi connectivity index (χ3n) is 2.23. The fraction of sp³-hybridized carbons (Fsp3) is 1.00. The summed E-state index contributed by atoms with van der Waals surface area (Å²) < 4.78 is 0. The molecule has 1 aliphatic carbocycles. The van der Waals surface area contributed by atoms with E-state index in [1.807, 2.05) is 0 Å². The first-order valence-electron chi connectivity index (χ1n) is 3.92. The molecule has 1 saturated carbocycles. The molecule has 0 N–H and O–H groups in total. The summed E-state index contributed by atoms with van der Waals surface area (Å²) in [6, 6.07) is 0. The Hall–Kier alpha value is 0.830. The van der Waals surface area contributed by atoms with Gasteiger partial charge in [-0.05, 0) is 30.2 Å². The zero-order chi connectivity index (χ0) is 7.56. The summed E-state index contributed by atoms with van der Waals surface area (Å²) in [5, 5.41) is 0.966. The lowest BCUT2D eigenvalue weighted by atomic mass is 10.0. The average molecular weight is 224 g/mol. The van der Waals surface area contributed by atoms with E-state index >= 15 is 0 Å². The second-order valence-electron chi connectivity index (χ2n) is 3.22. The van der Waals surface area contributed by atoms with Crippen LogP contribution in [0.15, 0.2) is 0 Å². The second-order valence-corrected chi connectivity index (χ2v) is 6.76. The van der Waals surface area contributed by atoms with Crippen molar-refractivity contribution < 1.29 is 0 Å². The zero-order valence-corrected chi connectivity index (χ0v) is 9.17. The van der Waals surface area contributed by atoms with Crippen LogP contribution < -0.4 is 0 Å². The molecule has 0 radical (unpaired) electrons. The molecule has 1 fully saturated rings. The van der Waals surface area contributed by atoms with Crippen molar-refractivity contribution in [3.05, 3.63) is 0 Å². The summed E-state index contributed by atoms with van der Waals surface area (Å²) in [5.74, 6) is 0. The molecular weight excluding hydrogens is 208 g/mol. The Labute approximate surface area is 75.2 Å². The van der Waals surface area contributed by atoms with Gasteiger partial charge in [-0.15, -0.1) is 0 Å². The third-order valence-corrected chi connectivity index (χ3v) is 5.45. The van der Waals surface area contributed by atoms with E-state index in [-0.39, 0.29) is 0 Å². The van der Waals surface area contributed by atoms with Crippen molar-refractivity contribution in [3.63, 3.8) is 0 Å². The molecule has 0 aromatic carbocycles. The van der Waals surface area contributed by atoms with Crippen LogP contribution in [-0.2, 0) is 10.9 Å². The first kappa shape index (κ1) is 8.92. The second kappa shape index (κ2) is 4.01.